The normalized spacial score (nSPS) is 15.9. The fourth-order valence-corrected chi connectivity index (χ4v) is 4.09. The molecule has 0 aliphatic carbocycles. The molecule has 1 N–H and O–H groups in total. The summed E-state index contributed by atoms with van der Waals surface area (Å²) in [5, 5.41) is 3.06. The zero-order valence-corrected chi connectivity index (χ0v) is 18.6. The van der Waals surface area contributed by atoms with Gasteiger partial charge in [0.1, 0.15) is 17.2 Å². The average molecular weight is 430 g/mol. The van der Waals surface area contributed by atoms with Crippen LogP contribution in [0.15, 0.2) is 36.5 Å². The van der Waals surface area contributed by atoms with Crippen LogP contribution in [0.5, 0.6) is 11.5 Å². The molecule has 1 saturated heterocycles. The van der Waals surface area contributed by atoms with Crippen molar-refractivity contribution in [3.63, 3.8) is 0 Å². The van der Waals surface area contributed by atoms with Gasteiger partial charge in [0, 0.05) is 30.9 Å². The van der Waals surface area contributed by atoms with E-state index < -0.39 is 0 Å². The lowest BCUT2D eigenvalue weighted by atomic mass is 10.0. The summed E-state index contributed by atoms with van der Waals surface area (Å²) in [7, 11) is 4.61. The lowest BCUT2D eigenvalue weighted by Crippen LogP contribution is -2.42. The minimum Gasteiger partial charge on any atom is -0.497 e. The smallest absolute Gasteiger partial charge is 0.354 e. The van der Waals surface area contributed by atoms with E-state index in [9.17, 15) is 9.59 Å². The van der Waals surface area contributed by atoms with Crippen LogP contribution in [0.2, 0.25) is 0 Å². The van der Waals surface area contributed by atoms with Crippen molar-refractivity contribution in [1.82, 2.24) is 14.8 Å². The Morgan fingerprint density at radius 2 is 1.87 bits per heavy atom. The number of piperidine rings is 1. The SMILES string of the molecule is COC(=O)c1cccn1C1CCN(CC(=O)NC(C)c2cc(OC)ccc2OC)CC1. The highest BCUT2D eigenvalue weighted by molar-refractivity contribution is 5.87. The summed E-state index contributed by atoms with van der Waals surface area (Å²) in [4.78, 5) is 26.7. The summed E-state index contributed by atoms with van der Waals surface area (Å²) < 4.78 is 17.6. The molecule has 1 aromatic heterocycles. The van der Waals surface area contributed by atoms with Gasteiger partial charge in [-0.15, -0.1) is 0 Å². The third kappa shape index (κ3) is 5.38. The van der Waals surface area contributed by atoms with Gasteiger partial charge in [0.25, 0.3) is 0 Å². The number of aromatic nitrogens is 1. The number of nitrogens with one attached hydrogen (secondary N) is 1. The molecule has 1 aliphatic rings. The number of likely N-dealkylation sites (tertiary alicyclic amines) is 1. The number of amides is 1. The standard InChI is InChI=1S/C23H31N3O5/c1-16(19-14-18(29-2)7-8-21(19)30-3)24-22(27)15-25-12-9-17(10-13-25)26-11-5-6-20(26)23(28)31-4/h5-8,11,14,16-17H,9-10,12-13,15H2,1-4H3,(H,24,27). The zero-order valence-electron chi connectivity index (χ0n) is 18.6. The van der Waals surface area contributed by atoms with Crippen LogP contribution in [-0.4, -0.2) is 62.3 Å². The molecule has 2 aromatic rings. The van der Waals surface area contributed by atoms with E-state index in [0.29, 0.717) is 18.0 Å². The Labute approximate surface area is 183 Å². The van der Waals surface area contributed by atoms with Crippen LogP contribution in [0.4, 0.5) is 0 Å². The number of benzene rings is 1. The maximum Gasteiger partial charge on any atom is 0.354 e. The monoisotopic (exact) mass is 429 g/mol. The van der Waals surface area contributed by atoms with E-state index in [2.05, 4.69) is 10.2 Å². The topological polar surface area (TPSA) is 82.0 Å². The predicted octanol–water partition coefficient (Wildman–Crippen LogP) is 2.81. The molecule has 0 saturated carbocycles. The van der Waals surface area contributed by atoms with Crippen molar-refractivity contribution in [2.24, 2.45) is 0 Å². The van der Waals surface area contributed by atoms with E-state index in [1.807, 2.05) is 42.0 Å². The Hall–Kier alpha value is -3.00. The molecular formula is C23H31N3O5. The second-order valence-corrected chi connectivity index (χ2v) is 7.70. The molecule has 1 atom stereocenters. The quantitative estimate of drug-likeness (QED) is 0.650. The Kier molecular flexibility index (Phi) is 7.57. The van der Waals surface area contributed by atoms with Gasteiger partial charge in [-0.1, -0.05) is 0 Å². The van der Waals surface area contributed by atoms with Crippen molar-refractivity contribution in [3.05, 3.63) is 47.8 Å². The molecule has 1 fully saturated rings. The highest BCUT2D eigenvalue weighted by Gasteiger charge is 2.25. The fraction of sp³-hybridized carbons (Fsp3) is 0.478. The maximum atomic E-state index is 12.7. The summed E-state index contributed by atoms with van der Waals surface area (Å²) in [6.07, 6.45) is 3.65. The van der Waals surface area contributed by atoms with Crippen molar-refractivity contribution in [2.75, 3.05) is 41.0 Å². The molecule has 0 spiro atoms. The van der Waals surface area contributed by atoms with Gasteiger partial charge < -0.3 is 24.1 Å². The molecule has 2 heterocycles. The van der Waals surface area contributed by atoms with Crippen LogP contribution in [0.25, 0.3) is 0 Å². The molecule has 1 unspecified atom stereocenters. The van der Waals surface area contributed by atoms with E-state index in [1.165, 1.54) is 7.11 Å². The van der Waals surface area contributed by atoms with Crippen molar-refractivity contribution in [2.45, 2.75) is 31.8 Å². The number of hydrogen-bond donors (Lipinski definition) is 1. The number of carbonyl (C=O) groups excluding carboxylic acids is 2. The number of hydrogen-bond acceptors (Lipinski definition) is 6. The first kappa shape index (κ1) is 22.7. The Balaban J connectivity index is 1.54. The average Bonchev–Trinajstić information content (AvgIpc) is 3.28. The molecule has 0 radical (unpaired) electrons. The second kappa shape index (κ2) is 10.3. The Morgan fingerprint density at radius 3 is 2.52 bits per heavy atom. The van der Waals surface area contributed by atoms with E-state index in [1.54, 1.807) is 20.3 Å². The van der Waals surface area contributed by atoms with Gasteiger partial charge in [-0.25, -0.2) is 4.79 Å². The van der Waals surface area contributed by atoms with Gasteiger partial charge in [0.2, 0.25) is 5.91 Å². The number of rotatable bonds is 8. The molecule has 31 heavy (non-hydrogen) atoms. The van der Waals surface area contributed by atoms with Gasteiger partial charge in [-0.05, 0) is 50.1 Å². The summed E-state index contributed by atoms with van der Waals surface area (Å²) in [5.41, 5.74) is 1.44. The van der Waals surface area contributed by atoms with Gasteiger partial charge in [-0.3, -0.25) is 9.69 Å². The highest BCUT2D eigenvalue weighted by Crippen LogP contribution is 2.29. The van der Waals surface area contributed by atoms with Crippen molar-refractivity contribution in [3.8, 4) is 11.5 Å². The summed E-state index contributed by atoms with van der Waals surface area (Å²) in [5.74, 6) is 1.07. The third-order valence-corrected chi connectivity index (χ3v) is 5.77. The summed E-state index contributed by atoms with van der Waals surface area (Å²) in [6, 6.07) is 9.20. The predicted molar refractivity (Wildman–Crippen MR) is 117 cm³/mol. The highest BCUT2D eigenvalue weighted by atomic mass is 16.5. The van der Waals surface area contributed by atoms with Gasteiger partial charge in [0.05, 0.1) is 33.9 Å². The molecule has 0 bridgehead atoms. The Bertz CT molecular complexity index is 902. The first-order valence-electron chi connectivity index (χ1n) is 10.5. The first-order chi connectivity index (χ1) is 15.0. The van der Waals surface area contributed by atoms with Crippen LogP contribution >= 0.6 is 0 Å². The van der Waals surface area contributed by atoms with Gasteiger partial charge >= 0.3 is 5.97 Å². The van der Waals surface area contributed by atoms with Crippen molar-refractivity contribution < 1.29 is 23.8 Å². The van der Waals surface area contributed by atoms with Crippen molar-refractivity contribution in [1.29, 1.82) is 0 Å². The van der Waals surface area contributed by atoms with Gasteiger partial charge in [-0.2, -0.15) is 0 Å². The van der Waals surface area contributed by atoms with E-state index in [0.717, 1.165) is 37.2 Å². The van der Waals surface area contributed by atoms with E-state index in [-0.39, 0.29) is 24.0 Å². The number of carbonyl (C=O) groups is 2. The Morgan fingerprint density at radius 1 is 1.13 bits per heavy atom. The lowest BCUT2D eigenvalue weighted by molar-refractivity contribution is -0.123. The molecular weight excluding hydrogens is 398 g/mol. The molecule has 1 amide bonds. The van der Waals surface area contributed by atoms with Gasteiger partial charge in [0.15, 0.2) is 0 Å². The minimum absolute atomic E-state index is 0.0352. The molecule has 1 aromatic carbocycles. The minimum atomic E-state index is -0.325. The fourth-order valence-electron chi connectivity index (χ4n) is 4.09. The van der Waals surface area contributed by atoms with Crippen LogP contribution in [-0.2, 0) is 9.53 Å². The number of ether oxygens (including phenoxy) is 3. The van der Waals surface area contributed by atoms with Crippen LogP contribution in [0, 0.1) is 0 Å². The third-order valence-electron chi connectivity index (χ3n) is 5.77. The van der Waals surface area contributed by atoms with Crippen LogP contribution in [0.1, 0.15) is 47.9 Å². The maximum absolute atomic E-state index is 12.7. The van der Waals surface area contributed by atoms with Crippen molar-refractivity contribution >= 4 is 11.9 Å². The lowest BCUT2D eigenvalue weighted by Gasteiger charge is -2.33. The van der Waals surface area contributed by atoms with E-state index in [4.69, 9.17) is 14.2 Å². The van der Waals surface area contributed by atoms with Crippen LogP contribution in [0.3, 0.4) is 0 Å². The summed E-state index contributed by atoms with van der Waals surface area (Å²) in [6.45, 7) is 3.84. The number of methoxy groups -OCH3 is 3. The molecule has 1 aliphatic heterocycles. The molecule has 168 valence electrons. The first-order valence-corrected chi connectivity index (χ1v) is 10.5. The molecule has 3 rings (SSSR count). The van der Waals surface area contributed by atoms with Crippen LogP contribution < -0.4 is 14.8 Å². The molecule has 8 heteroatoms. The second-order valence-electron chi connectivity index (χ2n) is 7.70. The largest absolute Gasteiger partial charge is 0.497 e. The number of esters is 1. The number of nitrogens with zero attached hydrogens (tertiary/aromatic N) is 2. The zero-order chi connectivity index (χ0) is 22.4. The van der Waals surface area contributed by atoms with E-state index >= 15 is 0 Å². The summed E-state index contributed by atoms with van der Waals surface area (Å²) >= 11 is 0. The molecule has 8 nitrogen and oxygen atoms in total.